The molecule has 0 aliphatic carbocycles. The first kappa shape index (κ1) is 31.9. The third kappa shape index (κ3) is 7.35. The lowest BCUT2D eigenvalue weighted by atomic mass is 9.92. The first-order valence-electron chi connectivity index (χ1n) is 15.4. The second-order valence-electron chi connectivity index (χ2n) is 12.8. The molecule has 12 nitrogen and oxygen atoms in total. The van der Waals surface area contributed by atoms with E-state index in [1.54, 1.807) is 63.6 Å². The number of hydrogen-bond donors (Lipinski definition) is 1. The first-order valence-corrected chi connectivity index (χ1v) is 16.3. The predicted octanol–water partition coefficient (Wildman–Crippen LogP) is 6.31. The predicted molar refractivity (Wildman–Crippen MR) is 175 cm³/mol. The Hall–Kier alpha value is -5.04. The number of nitrogens with one attached hydrogen (secondary N) is 1. The number of aromatic nitrogens is 6. The van der Waals surface area contributed by atoms with Gasteiger partial charge in [-0.25, -0.2) is 24.7 Å². The van der Waals surface area contributed by atoms with E-state index in [1.807, 2.05) is 47.5 Å². The van der Waals surface area contributed by atoms with Crippen LogP contribution in [0.1, 0.15) is 79.1 Å². The number of thiazole rings is 1. The van der Waals surface area contributed by atoms with Crippen molar-refractivity contribution < 1.29 is 18.7 Å². The highest BCUT2D eigenvalue weighted by atomic mass is 32.1. The van der Waals surface area contributed by atoms with E-state index < -0.39 is 17.2 Å². The lowest BCUT2D eigenvalue weighted by molar-refractivity contribution is 0.0443. The summed E-state index contributed by atoms with van der Waals surface area (Å²) in [4.78, 5) is 46.7. The van der Waals surface area contributed by atoms with Gasteiger partial charge in [0.15, 0.2) is 0 Å². The van der Waals surface area contributed by atoms with E-state index in [2.05, 4.69) is 30.5 Å². The molecule has 47 heavy (non-hydrogen) atoms. The average Bonchev–Trinajstić information content (AvgIpc) is 3.82. The van der Waals surface area contributed by atoms with Crippen LogP contribution in [0.4, 0.5) is 4.79 Å². The molecule has 2 atom stereocenters. The first-order chi connectivity index (χ1) is 22.5. The number of rotatable bonds is 8. The van der Waals surface area contributed by atoms with Gasteiger partial charge in [0.05, 0.1) is 11.7 Å². The number of ether oxygens (including phenoxy) is 1. The number of carbonyl (C=O) groups excluding carboxylic acids is 2. The van der Waals surface area contributed by atoms with Crippen LogP contribution >= 0.6 is 11.3 Å². The summed E-state index contributed by atoms with van der Waals surface area (Å²) < 4.78 is 11.8. The average molecular weight is 653 g/mol. The monoisotopic (exact) mass is 652 g/mol. The smallest absolute Gasteiger partial charge is 0.408 e. The number of benzene rings is 1. The Morgan fingerprint density at radius 3 is 2.49 bits per heavy atom. The number of amides is 2. The number of hydrogen-bond acceptors (Lipinski definition) is 11. The van der Waals surface area contributed by atoms with Crippen molar-refractivity contribution in [2.45, 2.75) is 71.1 Å². The second-order valence-corrected chi connectivity index (χ2v) is 13.7. The second kappa shape index (κ2) is 13.0. The molecule has 13 heteroatoms. The minimum Gasteiger partial charge on any atom is -0.444 e. The number of likely N-dealkylation sites (tertiary alicyclic amines) is 1. The maximum atomic E-state index is 14.1. The van der Waals surface area contributed by atoms with Crippen molar-refractivity contribution in [1.82, 2.24) is 40.3 Å². The van der Waals surface area contributed by atoms with Gasteiger partial charge >= 0.3 is 6.09 Å². The molecule has 0 bridgehead atoms. The van der Waals surface area contributed by atoms with Crippen LogP contribution in [0.15, 0.2) is 71.0 Å². The molecule has 4 aromatic heterocycles. The maximum Gasteiger partial charge on any atom is 0.408 e. The third-order valence-electron chi connectivity index (χ3n) is 7.66. The highest BCUT2D eigenvalue weighted by molar-refractivity contribution is 7.09. The number of nitrogens with zero attached hydrogens (tertiary/aromatic N) is 7. The summed E-state index contributed by atoms with van der Waals surface area (Å²) in [6.45, 7) is 9.76. The largest absolute Gasteiger partial charge is 0.444 e. The van der Waals surface area contributed by atoms with Crippen LogP contribution in [-0.4, -0.2) is 59.2 Å². The minimum atomic E-state index is -1.13. The SMILES string of the molecule is Cc1csc(C2CCCN2C(=O)c2cc(-c3cncnc3)nc(-c3nnc(C(C)(Cc4ccccc4)NC(=O)OC(C)(C)C)o3)c2)n1. The summed E-state index contributed by atoms with van der Waals surface area (Å²) in [5, 5.41) is 14.6. The van der Waals surface area contributed by atoms with Gasteiger partial charge in [-0.2, -0.15) is 0 Å². The van der Waals surface area contributed by atoms with E-state index >= 15 is 0 Å². The lowest BCUT2D eigenvalue weighted by Crippen LogP contribution is -2.47. The Bertz CT molecular complexity index is 1870. The Labute approximate surface area is 276 Å². The van der Waals surface area contributed by atoms with Crippen molar-refractivity contribution in [2.24, 2.45) is 0 Å². The van der Waals surface area contributed by atoms with Crippen LogP contribution in [0.3, 0.4) is 0 Å². The van der Waals surface area contributed by atoms with Crippen molar-refractivity contribution in [3.05, 3.63) is 94.3 Å². The highest BCUT2D eigenvalue weighted by Crippen LogP contribution is 2.36. The van der Waals surface area contributed by atoms with Crippen LogP contribution < -0.4 is 5.32 Å². The van der Waals surface area contributed by atoms with E-state index in [9.17, 15) is 9.59 Å². The third-order valence-corrected chi connectivity index (χ3v) is 8.72. The van der Waals surface area contributed by atoms with Gasteiger partial charge in [-0.3, -0.25) is 4.79 Å². The van der Waals surface area contributed by atoms with Gasteiger partial charge in [-0.15, -0.1) is 21.5 Å². The summed E-state index contributed by atoms with van der Waals surface area (Å²) >= 11 is 1.57. The molecule has 1 aliphatic rings. The van der Waals surface area contributed by atoms with Crippen LogP contribution in [0, 0.1) is 6.92 Å². The Morgan fingerprint density at radius 2 is 1.79 bits per heavy atom. The molecule has 0 radical (unpaired) electrons. The van der Waals surface area contributed by atoms with E-state index in [1.165, 1.54) is 6.33 Å². The molecule has 1 aliphatic heterocycles. The molecule has 0 saturated carbocycles. The number of aryl methyl sites for hydroxylation is 1. The van der Waals surface area contributed by atoms with Gasteiger partial charge in [-0.05, 0) is 65.2 Å². The Balaban J connectivity index is 1.38. The van der Waals surface area contributed by atoms with Gasteiger partial charge in [0.1, 0.15) is 28.2 Å². The molecule has 1 N–H and O–H groups in total. The maximum absolute atomic E-state index is 14.1. The normalized spacial score (nSPS) is 16.1. The summed E-state index contributed by atoms with van der Waals surface area (Å²) in [6, 6.07) is 13.0. The quantitative estimate of drug-likeness (QED) is 0.202. The molecule has 6 rings (SSSR count). The van der Waals surface area contributed by atoms with Gasteiger partial charge in [0.2, 0.25) is 5.89 Å². The molecular formula is C34H36N8O4S. The Kier molecular flexibility index (Phi) is 8.82. The summed E-state index contributed by atoms with van der Waals surface area (Å²) in [7, 11) is 0. The molecule has 2 unspecified atom stereocenters. The van der Waals surface area contributed by atoms with Crippen LogP contribution in [0.2, 0.25) is 0 Å². The molecule has 1 aromatic carbocycles. The number of pyridine rings is 1. The van der Waals surface area contributed by atoms with E-state index in [-0.39, 0.29) is 23.7 Å². The molecule has 5 heterocycles. The topological polar surface area (TPSA) is 149 Å². The van der Waals surface area contributed by atoms with Crippen LogP contribution in [0.5, 0.6) is 0 Å². The number of carbonyl (C=O) groups is 2. The summed E-state index contributed by atoms with van der Waals surface area (Å²) in [5.74, 6) is 0.0953. The van der Waals surface area contributed by atoms with Gasteiger partial charge in [0, 0.05) is 47.6 Å². The van der Waals surface area contributed by atoms with Crippen molar-refractivity contribution in [1.29, 1.82) is 0 Å². The molecule has 242 valence electrons. The van der Waals surface area contributed by atoms with E-state index in [4.69, 9.17) is 14.1 Å². The zero-order valence-corrected chi connectivity index (χ0v) is 27.7. The van der Waals surface area contributed by atoms with Crippen LogP contribution in [-0.2, 0) is 16.7 Å². The molecule has 1 fully saturated rings. The van der Waals surface area contributed by atoms with E-state index in [0.29, 0.717) is 35.5 Å². The minimum absolute atomic E-state index is 0.0894. The van der Waals surface area contributed by atoms with Crippen molar-refractivity contribution in [3.8, 4) is 22.8 Å². The van der Waals surface area contributed by atoms with Gasteiger partial charge in [-0.1, -0.05) is 30.3 Å². The van der Waals surface area contributed by atoms with Gasteiger partial charge < -0.3 is 19.4 Å². The number of alkyl carbamates (subject to hydrolysis) is 1. The fourth-order valence-corrected chi connectivity index (χ4v) is 6.50. The molecule has 1 saturated heterocycles. The summed E-state index contributed by atoms with van der Waals surface area (Å²) in [5.41, 5.74) is 1.85. The van der Waals surface area contributed by atoms with Gasteiger partial charge in [0.25, 0.3) is 11.8 Å². The van der Waals surface area contributed by atoms with E-state index in [0.717, 1.165) is 29.1 Å². The fraction of sp³-hybridized carbons (Fsp3) is 0.353. The van der Waals surface area contributed by atoms with Crippen molar-refractivity contribution >= 4 is 23.3 Å². The fourth-order valence-electron chi connectivity index (χ4n) is 5.56. The van der Waals surface area contributed by atoms with Crippen LogP contribution in [0.25, 0.3) is 22.8 Å². The highest BCUT2D eigenvalue weighted by Gasteiger charge is 2.37. The lowest BCUT2D eigenvalue weighted by Gasteiger charge is -2.29. The summed E-state index contributed by atoms with van der Waals surface area (Å²) in [6.07, 6.45) is 6.14. The molecule has 0 spiro atoms. The zero-order valence-electron chi connectivity index (χ0n) is 26.9. The molecular weight excluding hydrogens is 616 g/mol. The Morgan fingerprint density at radius 1 is 1.04 bits per heavy atom. The van der Waals surface area contributed by atoms with Crippen molar-refractivity contribution in [3.63, 3.8) is 0 Å². The zero-order chi connectivity index (χ0) is 33.2. The molecule has 2 amide bonds. The standard InChI is InChI=1S/C34H36N8O4S/c1-21-19-47-29(37-21)27-12-9-13-42(27)30(43)23-14-25(24-17-35-20-36-18-24)38-26(15-23)28-40-41-31(45-28)34(5,16-22-10-7-6-8-11-22)39-32(44)46-33(2,3)4/h6-8,10-11,14-15,17-20,27H,9,12-13,16H2,1-5H3,(H,39,44). The molecule has 5 aromatic rings. The van der Waals surface area contributed by atoms with Crippen molar-refractivity contribution in [2.75, 3.05) is 6.54 Å².